The van der Waals surface area contributed by atoms with Crippen LogP contribution in [0.3, 0.4) is 0 Å². The van der Waals surface area contributed by atoms with Crippen LogP contribution in [0, 0.1) is 6.92 Å². The van der Waals surface area contributed by atoms with E-state index in [2.05, 4.69) is 9.97 Å². The number of carbonyl (C=O) groups is 1. The molecule has 1 aromatic heterocycles. The van der Waals surface area contributed by atoms with Crippen LogP contribution in [-0.4, -0.2) is 28.8 Å². The zero-order chi connectivity index (χ0) is 10.7. The number of anilines is 1. The van der Waals surface area contributed by atoms with Crippen molar-refractivity contribution in [3.8, 4) is 0 Å². The van der Waals surface area contributed by atoms with E-state index in [4.69, 9.17) is 0 Å². The molecule has 1 aliphatic rings. The lowest BCUT2D eigenvalue weighted by Crippen LogP contribution is -2.41. The van der Waals surface area contributed by atoms with Gasteiger partial charge in [0.15, 0.2) is 0 Å². The molecule has 0 aliphatic carbocycles. The Morgan fingerprint density at radius 3 is 3.13 bits per heavy atom. The molecule has 0 saturated carbocycles. The summed E-state index contributed by atoms with van der Waals surface area (Å²) in [6.07, 6.45) is 5.90. The molecule has 0 spiro atoms. The van der Waals surface area contributed by atoms with Gasteiger partial charge in [0, 0.05) is 18.4 Å². The third-order valence-electron chi connectivity index (χ3n) is 2.75. The lowest BCUT2D eigenvalue weighted by atomic mass is 10.0. The van der Waals surface area contributed by atoms with Crippen molar-refractivity contribution in [2.24, 2.45) is 0 Å². The molecular formula is C11H15N3O. The number of aryl methyl sites for hydroxylation is 1. The van der Waals surface area contributed by atoms with E-state index in [0.717, 1.165) is 37.8 Å². The average Bonchev–Trinajstić information content (AvgIpc) is 2.29. The summed E-state index contributed by atoms with van der Waals surface area (Å²) in [6, 6.07) is 1.82. The summed E-state index contributed by atoms with van der Waals surface area (Å²) in [7, 11) is 0. The van der Waals surface area contributed by atoms with Crippen molar-refractivity contribution in [1.82, 2.24) is 9.97 Å². The molecule has 80 valence electrons. The fraction of sp³-hybridized carbons (Fsp3) is 0.545. The van der Waals surface area contributed by atoms with Gasteiger partial charge in [-0.15, -0.1) is 0 Å². The number of rotatable bonds is 2. The van der Waals surface area contributed by atoms with Gasteiger partial charge in [0.1, 0.15) is 6.29 Å². The monoisotopic (exact) mass is 205 g/mol. The molecule has 1 aliphatic heterocycles. The fourth-order valence-electron chi connectivity index (χ4n) is 1.92. The molecule has 0 bridgehead atoms. The van der Waals surface area contributed by atoms with Crippen molar-refractivity contribution in [2.75, 3.05) is 11.4 Å². The van der Waals surface area contributed by atoms with E-state index in [1.54, 1.807) is 6.20 Å². The van der Waals surface area contributed by atoms with Crippen molar-refractivity contribution >= 4 is 12.2 Å². The number of carbonyl (C=O) groups excluding carboxylic acids is 1. The molecule has 0 aromatic carbocycles. The van der Waals surface area contributed by atoms with Crippen LogP contribution in [0.15, 0.2) is 12.3 Å². The zero-order valence-electron chi connectivity index (χ0n) is 8.89. The Morgan fingerprint density at radius 2 is 2.40 bits per heavy atom. The van der Waals surface area contributed by atoms with Gasteiger partial charge in [-0.1, -0.05) is 0 Å². The predicted octanol–water partition coefficient (Wildman–Crippen LogP) is 1.34. The second kappa shape index (κ2) is 4.38. The van der Waals surface area contributed by atoms with Crippen molar-refractivity contribution in [3.05, 3.63) is 18.0 Å². The first-order valence-electron chi connectivity index (χ1n) is 5.33. The van der Waals surface area contributed by atoms with E-state index in [0.29, 0.717) is 5.95 Å². The van der Waals surface area contributed by atoms with Crippen LogP contribution >= 0.6 is 0 Å². The Balaban J connectivity index is 2.23. The minimum absolute atomic E-state index is 0.0412. The standard InChI is InChI=1S/C11H15N3O/c1-9-5-6-12-11(13-9)14-7-3-2-4-10(14)8-15/h5-6,8,10H,2-4,7H2,1H3. The normalized spacial score (nSPS) is 21.4. The van der Waals surface area contributed by atoms with Gasteiger partial charge >= 0.3 is 0 Å². The Hall–Kier alpha value is -1.45. The Morgan fingerprint density at radius 1 is 1.53 bits per heavy atom. The number of aromatic nitrogens is 2. The SMILES string of the molecule is Cc1ccnc(N2CCCCC2C=O)n1. The van der Waals surface area contributed by atoms with Crippen LogP contribution in [0.5, 0.6) is 0 Å². The molecule has 15 heavy (non-hydrogen) atoms. The predicted molar refractivity (Wildman–Crippen MR) is 57.8 cm³/mol. The molecule has 2 rings (SSSR count). The average molecular weight is 205 g/mol. The summed E-state index contributed by atoms with van der Waals surface area (Å²) in [5, 5.41) is 0. The maximum atomic E-state index is 10.9. The molecule has 1 fully saturated rings. The lowest BCUT2D eigenvalue weighted by Gasteiger charge is -2.32. The van der Waals surface area contributed by atoms with E-state index in [1.807, 2.05) is 17.9 Å². The van der Waals surface area contributed by atoms with E-state index in [1.165, 1.54) is 0 Å². The zero-order valence-corrected chi connectivity index (χ0v) is 8.89. The third-order valence-corrected chi connectivity index (χ3v) is 2.75. The summed E-state index contributed by atoms with van der Waals surface area (Å²) in [6.45, 7) is 2.82. The number of aldehydes is 1. The summed E-state index contributed by atoms with van der Waals surface area (Å²) < 4.78 is 0. The molecule has 1 atom stereocenters. The highest BCUT2D eigenvalue weighted by Gasteiger charge is 2.23. The molecule has 1 unspecified atom stereocenters. The topological polar surface area (TPSA) is 46.1 Å². The van der Waals surface area contributed by atoms with E-state index in [-0.39, 0.29) is 6.04 Å². The summed E-state index contributed by atoms with van der Waals surface area (Å²) in [5.41, 5.74) is 0.940. The largest absolute Gasteiger partial charge is 0.331 e. The van der Waals surface area contributed by atoms with Crippen molar-refractivity contribution in [2.45, 2.75) is 32.2 Å². The van der Waals surface area contributed by atoms with Crippen LogP contribution in [0.1, 0.15) is 25.0 Å². The van der Waals surface area contributed by atoms with Gasteiger partial charge < -0.3 is 9.69 Å². The van der Waals surface area contributed by atoms with Crippen LogP contribution in [0.2, 0.25) is 0 Å². The van der Waals surface area contributed by atoms with Crippen molar-refractivity contribution in [1.29, 1.82) is 0 Å². The molecule has 0 amide bonds. The van der Waals surface area contributed by atoms with Crippen molar-refractivity contribution < 1.29 is 4.79 Å². The summed E-state index contributed by atoms with van der Waals surface area (Å²) in [4.78, 5) is 21.5. The molecule has 4 nitrogen and oxygen atoms in total. The third kappa shape index (κ3) is 2.14. The molecule has 1 saturated heterocycles. The number of piperidine rings is 1. The molecular weight excluding hydrogens is 190 g/mol. The molecule has 4 heteroatoms. The van der Waals surface area contributed by atoms with Crippen LogP contribution in [0.4, 0.5) is 5.95 Å². The van der Waals surface area contributed by atoms with Gasteiger partial charge in [-0.25, -0.2) is 9.97 Å². The molecule has 0 radical (unpaired) electrons. The molecule has 2 heterocycles. The Labute approximate surface area is 89.3 Å². The quantitative estimate of drug-likeness (QED) is 0.683. The highest BCUT2D eigenvalue weighted by molar-refractivity contribution is 5.64. The first-order chi connectivity index (χ1) is 7.31. The molecule has 0 N–H and O–H groups in total. The van der Waals surface area contributed by atoms with E-state index in [9.17, 15) is 4.79 Å². The summed E-state index contributed by atoms with van der Waals surface area (Å²) >= 11 is 0. The first-order valence-corrected chi connectivity index (χ1v) is 5.33. The van der Waals surface area contributed by atoms with Gasteiger partial charge in [0.05, 0.1) is 6.04 Å². The number of hydrogen-bond donors (Lipinski definition) is 0. The minimum Gasteiger partial charge on any atom is -0.331 e. The van der Waals surface area contributed by atoms with Gasteiger partial charge in [-0.3, -0.25) is 0 Å². The van der Waals surface area contributed by atoms with Crippen LogP contribution in [-0.2, 0) is 4.79 Å². The fourth-order valence-corrected chi connectivity index (χ4v) is 1.92. The van der Waals surface area contributed by atoms with E-state index < -0.39 is 0 Å². The second-order valence-corrected chi connectivity index (χ2v) is 3.89. The van der Waals surface area contributed by atoms with Crippen LogP contribution in [0.25, 0.3) is 0 Å². The number of nitrogens with zero attached hydrogens (tertiary/aromatic N) is 3. The van der Waals surface area contributed by atoms with Crippen LogP contribution < -0.4 is 4.90 Å². The van der Waals surface area contributed by atoms with Gasteiger partial charge in [0.2, 0.25) is 5.95 Å². The van der Waals surface area contributed by atoms with Gasteiger partial charge in [-0.2, -0.15) is 0 Å². The number of hydrogen-bond acceptors (Lipinski definition) is 4. The second-order valence-electron chi connectivity index (χ2n) is 3.89. The first kappa shape index (κ1) is 10.1. The minimum atomic E-state index is -0.0412. The van der Waals surface area contributed by atoms with E-state index >= 15 is 0 Å². The van der Waals surface area contributed by atoms with Crippen molar-refractivity contribution in [3.63, 3.8) is 0 Å². The highest BCUT2D eigenvalue weighted by atomic mass is 16.1. The smallest absolute Gasteiger partial charge is 0.226 e. The summed E-state index contributed by atoms with van der Waals surface area (Å²) in [5.74, 6) is 0.687. The van der Waals surface area contributed by atoms with Gasteiger partial charge in [-0.05, 0) is 32.3 Å². The lowest BCUT2D eigenvalue weighted by molar-refractivity contribution is -0.109. The highest BCUT2D eigenvalue weighted by Crippen LogP contribution is 2.20. The maximum absolute atomic E-state index is 10.9. The molecule has 1 aromatic rings. The Kier molecular flexibility index (Phi) is 2.94. The Bertz CT molecular complexity index is 353. The maximum Gasteiger partial charge on any atom is 0.226 e. The van der Waals surface area contributed by atoms with Gasteiger partial charge in [0.25, 0.3) is 0 Å².